The molecule has 4 amide bonds. The van der Waals surface area contributed by atoms with Crippen LogP contribution in [0.25, 0.3) is 10.9 Å². The van der Waals surface area contributed by atoms with Crippen LogP contribution in [0, 0.1) is 0 Å². The molecule has 1 aromatic heterocycles. The van der Waals surface area contributed by atoms with Crippen molar-refractivity contribution in [2.75, 3.05) is 5.32 Å². The van der Waals surface area contributed by atoms with Gasteiger partial charge in [0, 0.05) is 23.6 Å². The number of aromatic nitrogens is 2. The third-order valence-corrected chi connectivity index (χ3v) is 4.20. The molecule has 1 unspecified atom stereocenters. The minimum Gasteiger partial charge on any atom is -0.351 e. The van der Waals surface area contributed by atoms with E-state index in [1.54, 1.807) is 18.3 Å². The Labute approximate surface area is 141 Å². The average Bonchev–Trinajstić information content (AvgIpc) is 3.13. The summed E-state index contributed by atoms with van der Waals surface area (Å²) in [6.07, 6.45) is 3.05. The summed E-state index contributed by atoms with van der Waals surface area (Å²) in [4.78, 5) is 48.8. The van der Waals surface area contributed by atoms with Crippen LogP contribution in [0.4, 0.5) is 5.69 Å². The predicted molar refractivity (Wildman–Crippen MR) is 85.8 cm³/mol. The zero-order valence-electron chi connectivity index (χ0n) is 12.9. The van der Waals surface area contributed by atoms with E-state index in [4.69, 9.17) is 0 Å². The van der Waals surface area contributed by atoms with Crippen LogP contribution in [0.1, 0.15) is 12.8 Å². The molecule has 9 heteroatoms. The fourth-order valence-electron chi connectivity index (χ4n) is 2.97. The summed E-state index contributed by atoms with van der Waals surface area (Å²) < 4.78 is 0. The number of rotatable bonds is 3. The summed E-state index contributed by atoms with van der Waals surface area (Å²) >= 11 is 0. The highest BCUT2D eigenvalue weighted by atomic mass is 16.2. The van der Waals surface area contributed by atoms with E-state index in [2.05, 4.69) is 20.8 Å². The molecule has 2 aliphatic heterocycles. The number of fused-ring (bicyclic) bond motifs is 1. The van der Waals surface area contributed by atoms with Crippen molar-refractivity contribution in [1.29, 1.82) is 0 Å². The van der Waals surface area contributed by atoms with Gasteiger partial charge < -0.3 is 5.32 Å². The lowest BCUT2D eigenvalue weighted by atomic mass is 10.0. The van der Waals surface area contributed by atoms with Crippen molar-refractivity contribution in [2.24, 2.45) is 0 Å². The molecule has 2 aliphatic rings. The van der Waals surface area contributed by atoms with E-state index in [-0.39, 0.29) is 18.5 Å². The number of carbonyl (C=O) groups excluding carboxylic acids is 4. The van der Waals surface area contributed by atoms with Gasteiger partial charge >= 0.3 is 0 Å². The lowest BCUT2D eigenvalue weighted by Crippen LogP contribution is -2.54. The van der Waals surface area contributed by atoms with Crippen LogP contribution in [0.2, 0.25) is 0 Å². The standard InChI is InChI=1S/C16H13N5O4/c22-13-4-3-12(15(24)19-13)21-14(23)6-11(16(21)25)18-9-2-1-8-7-17-20-10(8)5-9/h1-2,5-7,12,18H,3-4H2,(H,17,20)(H,19,22,24). The van der Waals surface area contributed by atoms with Crippen molar-refractivity contribution in [3.05, 3.63) is 36.2 Å². The maximum atomic E-state index is 12.5. The first-order chi connectivity index (χ1) is 12.0. The molecular formula is C16H13N5O4. The lowest BCUT2D eigenvalue weighted by Gasteiger charge is -2.28. The van der Waals surface area contributed by atoms with Gasteiger partial charge in [0.15, 0.2) is 0 Å². The van der Waals surface area contributed by atoms with Crippen LogP contribution >= 0.6 is 0 Å². The topological polar surface area (TPSA) is 124 Å². The van der Waals surface area contributed by atoms with Crippen molar-refractivity contribution in [2.45, 2.75) is 18.9 Å². The van der Waals surface area contributed by atoms with Crippen molar-refractivity contribution < 1.29 is 19.2 Å². The largest absolute Gasteiger partial charge is 0.351 e. The number of piperidine rings is 1. The van der Waals surface area contributed by atoms with Crippen molar-refractivity contribution >= 4 is 40.2 Å². The number of imide groups is 2. The zero-order valence-corrected chi connectivity index (χ0v) is 12.9. The summed E-state index contributed by atoms with van der Waals surface area (Å²) in [7, 11) is 0. The van der Waals surface area contributed by atoms with Gasteiger partial charge in [0.25, 0.3) is 11.8 Å². The van der Waals surface area contributed by atoms with Gasteiger partial charge in [-0.2, -0.15) is 5.10 Å². The first kappa shape index (κ1) is 15.1. The van der Waals surface area contributed by atoms with E-state index in [9.17, 15) is 19.2 Å². The summed E-state index contributed by atoms with van der Waals surface area (Å²) in [6.45, 7) is 0. The second-order valence-corrected chi connectivity index (χ2v) is 5.84. The highest BCUT2D eigenvalue weighted by molar-refractivity contribution is 6.20. The maximum absolute atomic E-state index is 12.5. The van der Waals surface area contributed by atoms with Crippen molar-refractivity contribution in [3.63, 3.8) is 0 Å². The molecule has 1 fully saturated rings. The van der Waals surface area contributed by atoms with Gasteiger partial charge in [-0.3, -0.25) is 34.5 Å². The van der Waals surface area contributed by atoms with E-state index >= 15 is 0 Å². The van der Waals surface area contributed by atoms with Gasteiger partial charge in [-0.15, -0.1) is 0 Å². The first-order valence-electron chi connectivity index (χ1n) is 7.66. The number of benzene rings is 1. The van der Waals surface area contributed by atoms with Gasteiger partial charge in [0.05, 0.1) is 11.7 Å². The van der Waals surface area contributed by atoms with Crippen LogP contribution in [-0.2, 0) is 19.2 Å². The summed E-state index contributed by atoms with van der Waals surface area (Å²) in [5.41, 5.74) is 1.47. The predicted octanol–water partition coefficient (Wildman–Crippen LogP) is 0.0327. The molecule has 0 spiro atoms. The fourth-order valence-corrected chi connectivity index (χ4v) is 2.97. The molecule has 0 radical (unpaired) electrons. The van der Waals surface area contributed by atoms with E-state index < -0.39 is 29.7 Å². The molecule has 4 rings (SSSR count). The summed E-state index contributed by atoms with van der Waals surface area (Å²) in [5, 5.41) is 12.7. The number of nitrogens with zero attached hydrogens (tertiary/aromatic N) is 2. The first-order valence-corrected chi connectivity index (χ1v) is 7.66. The number of hydrogen-bond donors (Lipinski definition) is 3. The van der Waals surface area contributed by atoms with E-state index in [1.807, 2.05) is 6.07 Å². The average molecular weight is 339 g/mol. The van der Waals surface area contributed by atoms with Crippen LogP contribution in [0.5, 0.6) is 0 Å². The third kappa shape index (κ3) is 2.55. The van der Waals surface area contributed by atoms with Gasteiger partial charge in [-0.25, -0.2) is 0 Å². The molecule has 9 nitrogen and oxygen atoms in total. The Morgan fingerprint density at radius 1 is 1.20 bits per heavy atom. The van der Waals surface area contributed by atoms with E-state index in [1.165, 1.54) is 0 Å². The Bertz CT molecular complexity index is 960. The Kier molecular flexibility index (Phi) is 3.34. The Balaban J connectivity index is 1.54. The van der Waals surface area contributed by atoms with Crippen LogP contribution in [-0.4, -0.2) is 44.8 Å². The minimum atomic E-state index is -0.969. The Morgan fingerprint density at radius 2 is 2.04 bits per heavy atom. The number of aromatic amines is 1. The monoisotopic (exact) mass is 339 g/mol. The molecule has 126 valence electrons. The second kappa shape index (κ2) is 5.55. The lowest BCUT2D eigenvalue weighted by molar-refractivity contribution is -0.149. The Morgan fingerprint density at radius 3 is 2.84 bits per heavy atom. The second-order valence-electron chi connectivity index (χ2n) is 5.84. The fraction of sp³-hybridized carbons (Fsp3) is 0.188. The molecule has 3 N–H and O–H groups in total. The molecule has 2 aromatic rings. The molecule has 0 aliphatic carbocycles. The van der Waals surface area contributed by atoms with Crippen LogP contribution in [0.3, 0.4) is 0 Å². The van der Waals surface area contributed by atoms with Gasteiger partial charge in [0.1, 0.15) is 11.7 Å². The number of amides is 4. The number of anilines is 1. The minimum absolute atomic E-state index is 0.0774. The number of hydrogen-bond acceptors (Lipinski definition) is 6. The molecule has 1 atom stereocenters. The molecule has 0 saturated carbocycles. The van der Waals surface area contributed by atoms with Gasteiger partial charge in [-0.05, 0) is 24.6 Å². The molecule has 3 heterocycles. The van der Waals surface area contributed by atoms with Gasteiger partial charge in [0.2, 0.25) is 11.8 Å². The van der Waals surface area contributed by atoms with Gasteiger partial charge in [-0.1, -0.05) is 0 Å². The third-order valence-electron chi connectivity index (χ3n) is 4.20. The molecule has 1 saturated heterocycles. The molecule has 1 aromatic carbocycles. The highest BCUT2D eigenvalue weighted by Crippen LogP contribution is 2.24. The smallest absolute Gasteiger partial charge is 0.278 e. The Hall–Kier alpha value is -3.49. The molecule has 0 bridgehead atoms. The number of H-pyrrole nitrogens is 1. The quantitative estimate of drug-likeness (QED) is 0.678. The summed E-state index contributed by atoms with van der Waals surface area (Å²) in [6, 6.07) is 4.37. The van der Waals surface area contributed by atoms with E-state index in [0.717, 1.165) is 21.9 Å². The zero-order chi connectivity index (χ0) is 17.6. The van der Waals surface area contributed by atoms with E-state index in [0.29, 0.717) is 5.69 Å². The maximum Gasteiger partial charge on any atom is 0.278 e. The number of carbonyl (C=O) groups is 4. The van der Waals surface area contributed by atoms with Crippen LogP contribution in [0.15, 0.2) is 36.2 Å². The molecular weight excluding hydrogens is 326 g/mol. The number of nitrogens with one attached hydrogen (secondary N) is 3. The molecule has 25 heavy (non-hydrogen) atoms. The SMILES string of the molecule is O=C1CCC(N2C(=O)C=C(Nc3ccc4cn[nH]c4c3)C2=O)C(=O)N1. The van der Waals surface area contributed by atoms with Crippen molar-refractivity contribution in [3.8, 4) is 0 Å². The van der Waals surface area contributed by atoms with Crippen molar-refractivity contribution in [1.82, 2.24) is 20.4 Å². The normalized spacial score (nSPS) is 20.9. The summed E-state index contributed by atoms with van der Waals surface area (Å²) in [5.74, 6) is -2.21. The van der Waals surface area contributed by atoms with Crippen LogP contribution < -0.4 is 10.6 Å². The highest BCUT2D eigenvalue weighted by Gasteiger charge is 2.42.